The number of hydrogen-bond acceptors (Lipinski definition) is 5. The number of furan rings is 1. The molecule has 2 heterocycles. The van der Waals surface area contributed by atoms with E-state index >= 15 is 0 Å². The lowest BCUT2D eigenvalue weighted by atomic mass is 10.1. The van der Waals surface area contributed by atoms with Gasteiger partial charge in [-0.05, 0) is 24.3 Å². The average molecular weight is 328 g/mol. The van der Waals surface area contributed by atoms with E-state index in [-0.39, 0.29) is 35.5 Å². The molecule has 0 radical (unpaired) electrons. The molecule has 0 amide bonds. The monoisotopic (exact) mass is 327 g/mol. The second-order valence-corrected chi connectivity index (χ2v) is 7.85. The predicted octanol–water partition coefficient (Wildman–Crippen LogP) is 2.05. The van der Waals surface area contributed by atoms with Gasteiger partial charge in [-0.3, -0.25) is 4.79 Å². The number of sulfone groups is 1. The molecule has 1 saturated heterocycles. The number of carbonyl (C=O) groups is 1. The van der Waals surface area contributed by atoms with Crippen molar-refractivity contribution in [3.05, 3.63) is 35.0 Å². The second-order valence-electron chi connectivity index (χ2n) is 5.19. The minimum absolute atomic E-state index is 0.00913. The van der Waals surface area contributed by atoms with Crippen LogP contribution in [0.3, 0.4) is 0 Å². The van der Waals surface area contributed by atoms with Gasteiger partial charge in [0.15, 0.2) is 21.4 Å². The Balaban J connectivity index is 1.77. The van der Waals surface area contributed by atoms with Crippen molar-refractivity contribution >= 4 is 38.2 Å². The molecule has 0 spiro atoms. The first-order valence-corrected chi connectivity index (χ1v) is 8.79. The van der Waals surface area contributed by atoms with Crippen molar-refractivity contribution in [3.63, 3.8) is 0 Å². The van der Waals surface area contributed by atoms with Crippen molar-refractivity contribution < 1.29 is 17.6 Å². The quantitative estimate of drug-likeness (QED) is 0.873. The number of ketones is 1. The van der Waals surface area contributed by atoms with Crippen LogP contribution in [0.1, 0.15) is 17.0 Å². The van der Waals surface area contributed by atoms with Gasteiger partial charge in [-0.15, -0.1) is 0 Å². The minimum Gasteiger partial charge on any atom is -0.453 e. The van der Waals surface area contributed by atoms with E-state index in [1.165, 1.54) is 0 Å². The molecule has 1 aliphatic rings. The molecule has 1 unspecified atom stereocenters. The van der Waals surface area contributed by atoms with E-state index in [1.807, 2.05) is 0 Å². The van der Waals surface area contributed by atoms with Gasteiger partial charge in [-0.1, -0.05) is 11.6 Å². The Morgan fingerprint density at radius 2 is 2.19 bits per heavy atom. The lowest BCUT2D eigenvalue weighted by Crippen LogP contribution is -2.45. The van der Waals surface area contributed by atoms with Gasteiger partial charge >= 0.3 is 0 Å². The van der Waals surface area contributed by atoms with Crippen molar-refractivity contribution in [1.82, 2.24) is 5.32 Å². The zero-order valence-corrected chi connectivity index (χ0v) is 12.7. The molecule has 1 aromatic carbocycles. The predicted molar refractivity (Wildman–Crippen MR) is 80.6 cm³/mol. The Kier molecular flexibility index (Phi) is 3.77. The lowest BCUT2D eigenvalue weighted by molar-refractivity contribution is 0.0947. The maximum Gasteiger partial charge on any atom is 0.199 e. The number of benzene rings is 1. The van der Waals surface area contributed by atoms with Crippen LogP contribution < -0.4 is 5.32 Å². The standard InChI is InChI=1S/C14H14ClNO4S/c15-10-1-2-13-9(5-10)6-14(20-13)12(17)7-11-8-21(18,19)4-3-16-11/h1-2,5-6,11,16H,3-4,7-8H2. The fraction of sp³-hybridized carbons (Fsp3) is 0.357. The van der Waals surface area contributed by atoms with Crippen molar-refractivity contribution in [2.24, 2.45) is 0 Å². The van der Waals surface area contributed by atoms with E-state index in [2.05, 4.69) is 5.32 Å². The number of carbonyl (C=O) groups excluding carboxylic acids is 1. The van der Waals surface area contributed by atoms with Gasteiger partial charge in [0.2, 0.25) is 0 Å². The molecule has 0 saturated carbocycles. The Bertz CT molecular complexity index is 796. The molecule has 21 heavy (non-hydrogen) atoms. The SMILES string of the molecule is O=C(CC1CS(=O)(=O)CCN1)c1cc2cc(Cl)ccc2o1. The van der Waals surface area contributed by atoms with Crippen LogP contribution >= 0.6 is 11.6 Å². The molecule has 0 aliphatic carbocycles. The molecule has 7 heteroatoms. The van der Waals surface area contributed by atoms with E-state index < -0.39 is 9.84 Å². The molecule has 3 rings (SSSR count). The van der Waals surface area contributed by atoms with Crippen molar-refractivity contribution in [2.75, 3.05) is 18.1 Å². The Labute approximate surface area is 127 Å². The van der Waals surface area contributed by atoms with Crippen LogP contribution in [0.25, 0.3) is 11.0 Å². The third-order valence-corrected chi connectivity index (χ3v) is 5.46. The van der Waals surface area contributed by atoms with Crippen molar-refractivity contribution in [1.29, 1.82) is 0 Å². The summed E-state index contributed by atoms with van der Waals surface area (Å²) in [6, 6.07) is 6.41. The number of nitrogens with one attached hydrogen (secondary N) is 1. The normalized spacial score (nSPS) is 21.5. The summed E-state index contributed by atoms with van der Waals surface area (Å²) >= 11 is 5.89. The molecule has 1 aromatic heterocycles. The number of fused-ring (bicyclic) bond motifs is 1. The third-order valence-electron chi connectivity index (χ3n) is 3.49. The van der Waals surface area contributed by atoms with Gasteiger partial charge in [0.25, 0.3) is 0 Å². The first-order chi connectivity index (χ1) is 9.93. The Morgan fingerprint density at radius 3 is 2.95 bits per heavy atom. The molecule has 1 fully saturated rings. The van der Waals surface area contributed by atoms with E-state index in [0.29, 0.717) is 17.2 Å². The van der Waals surface area contributed by atoms with Gasteiger partial charge in [-0.25, -0.2) is 8.42 Å². The fourth-order valence-corrected chi connectivity index (χ4v) is 4.10. The van der Waals surface area contributed by atoms with E-state index in [0.717, 1.165) is 5.39 Å². The highest BCUT2D eigenvalue weighted by Gasteiger charge is 2.27. The van der Waals surface area contributed by atoms with Crippen LogP contribution in [0.2, 0.25) is 5.02 Å². The number of Topliss-reactive ketones (excluding diaryl/α,β-unsaturated/α-hetero) is 1. The first-order valence-electron chi connectivity index (χ1n) is 6.59. The van der Waals surface area contributed by atoms with E-state index in [9.17, 15) is 13.2 Å². The van der Waals surface area contributed by atoms with Crippen molar-refractivity contribution in [3.8, 4) is 0 Å². The molecular formula is C14H14ClNO4S. The summed E-state index contributed by atoms with van der Waals surface area (Å²) in [6.45, 7) is 0.385. The average Bonchev–Trinajstić information content (AvgIpc) is 2.80. The molecular weight excluding hydrogens is 314 g/mol. The van der Waals surface area contributed by atoms with Crippen molar-refractivity contribution in [2.45, 2.75) is 12.5 Å². The lowest BCUT2D eigenvalue weighted by Gasteiger charge is -2.22. The smallest absolute Gasteiger partial charge is 0.199 e. The molecule has 0 bridgehead atoms. The molecule has 2 aromatic rings. The molecule has 112 valence electrons. The second kappa shape index (κ2) is 5.44. The zero-order chi connectivity index (χ0) is 15.0. The highest BCUT2D eigenvalue weighted by Crippen LogP contribution is 2.24. The Hall–Kier alpha value is -1.37. The Morgan fingerprint density at radius 1 is 1.38 bits per heavy atom. The summed E-state index contributed by atoms with van der Waals surface area (Å²) in [5, 5.41) is 4.39. The minimum atomic E-state index is -3.05. The topological polar surface area (TPSA) is 76.4 Å². The summed E-state index contributed by atoms with van der Waals surface area (Å²) in [4.78, 5) is 12.2. The number of halogens is 1. The summed E-state index contributed by atoms with van der Waals surface area (Å²) in [5.41, 5.74) is 0.590. The first kappa shape index (κ1) is 14.6. The number of rotatable bonds is 3. The van der Waals surface area contributed by atoms with Gasteiger partial charge in [0.1, 0.15) is 5.58 Å². The highest BCUT2D eigenvalue weighted by atomic mass is 35.5. The van der Waals surface area contributed by atoms with Crippen LogP contribution in [0.15, 0.2) is 28.7 Å². The summed E-state index contributed by atoms with van der Waals surface area (Å²) in [6.07, 6.45) is 0.104. The van der Waals surface area contributed by atoms with Gasteiger partial charge < -0.3 is 9.73 Å². The summed E-state index contributed by atoms with van der Waals surface area (Å²) in [7, 11) is -3.05. The van der Waals surface area contributed by atoms with Crippen LogP contribution in [-0.4, -0.2) is 38.3 Å². The fourth-order valence-electron chi connectivity index (χ4n) is 2.47. The molecule has 1 N–H and O–H groups in total. The maximum atomic E-state index is 12.2. The molecule has 1 aliphatic heterocycles. The maximum absolute atomic E-state index is 12.2. The third kappa shape index (κ3) is 3.28. The van der Waals surface area contributed by atoms with Crippen LogP contribution in [0, 0.1) is 0 Å². The molecule has 1 atom stereocenters. The van der Waals surface area contributed by atoms with E-state index in [1.54, 1.807) is 24.3 Å². The van der Waals surface area contributed by atoms with Gasteiger partial charge in [0, 0.05) is 29.4 Å². The zero-order valence-electron chi connectivity index (χ0n) is 11.1. The van der Waals surface area contributed by atoms with Gasteiger partial charge in [-0.2, -0.15) is 0 Å². The molecule has 5 nitrogen and oxygen atoms in total. The summed E-state index contributed by atoms with van der Waals surface area (Å²) in [5.74, 6) is 0.139. The van der Waals surface area contributed by atoms with Crippen LogP contribution in [0.5, 0.6) is 0 Å². The van der Waals surface area contributed by atoms with Crippen LogP contribution in [0.4, 0.5) is 0 Å². The summed E-state index contributed by atoms with van der Waals surface area (Å²) < 4.78 is 28.6. The number of hydrogen-bond donors (Lipinski definition) is 1. The van der Waals surface area contributed by atoms with Crippen LogP contribution in [-0.2, 0) is 9.84 Å². The highest BCUT2D eigenvalue weighted by molar-refractivity contribution is 7.91. The van der Waals surface area contributed by atoms with Gasteiger partial charge in [0.05, 0.1) is 11.5 Å². The largest absolute Gasteiger partial charge is 0.453 e. The van der Waals surface area contributed by atoms with E-state index in [4.69, 9.17) is 16.0 Å².